The number of amides is 2. The van der Waals surface area contributed by atoms with Crippen LogP contribution in [0.1, 0.15) is 26.2 Å². The molecule has 1 unspecified atom stereocenters. The first-order valence-electron chi connectivity index (χ1n) is 7.27. The van der Waals surface area contributed by atoms with E-state index in [1.54, 1.807) is 24.3 Å². The highest BCUT2D eigenvalue weighted by molar-refractivity contribution is 5.89. The zero-order chi connectivity index (χ0) is 15.9. The summed E-state index contributed by atoms with van der Waals surface area (Å²) in [6.45, 7) is 3.75. The highest BCUT2D eigenvalue weighted by atomic mass is 16.4. The van der Waals surface area contributed by atoms with Gasteiger partial charge in [-0.25, -0.2) is 4.79 Å². The Morgan fingerprint density at radius 1 is 1.27 bits per heavy atom. The highest BCUT2D eigenvalue weighted by Gasteiger charge is 2.10. The van der Waals surface area contributed by atoms with Gasteiger partial charge in [-0.2, -0.15) is 0 Å². The Morgan fingerprint density at radius 2 is 2.00 bits per heavy atom. The van der Waals surface area contributed by atoms with E-state index in [1.807, 2.05) is 13.8 Å². The van der Waals surface area contributed by atoms with Crippen molar-refractivity contribution >= 4 is 11.7 Å². The van der Waals surface area contributed by atoms with Gasteiger partial charge >= 0.3 is 6.03 Å². The molecule has 1 aromatic carbocycles. The van der Waals surface area contributed by atoms with E-state index in [-0.39, 0.29) is 18.7 Å². The summed E-state index contributed by atoms with van der Waals surface area (Å²) in [5, 5.41) is 22.3. The van der Waals surface area contributed by atoms with E-state index in [4.69, 9.17) is 9.52 Å². The van der Waals surface area contributed by atoms with Crippen LogP contribution in [0.25, 0.3) is 11.5 Å². The molecule has 0 saturated heterocycles. The molecular formula is C15H20N4O3. The molecule has 2 amide bonds. The average molecular weight is 304 g/mol. The Morgan fingerprint density at radius 3 is 2.55 bits per heavy atom. The molecule has 0 aliphatic carbocycles. The molecule has 2 rings (SSSR count). The molecule has 1 atom stereocenters. The van der Waals surface area contributed by atoms with E-state index in [0.29, 0.717) is 30.3 Å². The van der Waals surface area contributed by atoms with Crippen LogP contribution >= 0.6 is 0 Å². The molecule has 0 radical (unpaired) electrons. The molecule has 1 heterocycles. The van der Waals surface area contributed by atoms with Gasteiger partial charge < -0.3 is 20.2 Å². The minimum atomic E-state index is -0.347. The number of urea groups is 1. The fraction of sp³-hybridized carbons (Fsp3) is 0.400. The summed E-state index contributed by atoms with van der Waals surface area (Å²) in [7, 11) is 0. The third-order valence-corrected chi connectivity index (χ3v) is 3.21. The van der Waals surface area contributed by atoms with Crippen molar-refractivity contribution in [3.8, 4) is 11.5 Å². The number of nitrogens with zero attached hydrogens (tertiary/aromatic N) is 2. The number of aromatic nitrogens is 2. The number of benzene rings is 1. The molecule has 0 bridgehead atoms. The predicted molar refractivity (Wildman–Crippen MR) is 82.4 cm³/mol. The second kappa shape index (κ2) is 7.56. The maximum atomic E-state index is 11.8. The minimum absolute atomic E-state index is 0.0835. The zero-order valence-electron chi connectivity index (χ0n) is 12.7. The number of anilines is 1. The number of rotatable bonds is 6. The third-order valence-electron chi connectivity index (χ3n) is 3.21. The van der Waals surface area contributed by atoms with Gasteiger partial charge in [0.05, 0.1) is 12.6 Å². The summed E-state index contributed by atoms with van der Waals surface area (Å²) in [6.07, 6.45) is 1.36. The van der Waals surface area contributed by atoms with Crippen LogP contribution in [0, 0.1) is 0 Å². The molecule has 118 valence electrons. The molecular weight excluding hydrogens is 284 g/mol. The topological polar surface area (TPSA) is 100 Å². The van der Waals surface area contributed by atoms with E-state index >= 15 is 0 Å². The van der Waals surface area contributed by atoms with Gasteiger partial charge in [-0.05, 0) is 30.7 Å². The largest absolute Gasteiger partial charge is 0.421 e. The SMILES string of the molecule is CCc1nnc(-c2ccc(NC(=O)NC(CC)CO)cc2)o1. The molecule has 2 aromatic rings. The molecule has 22 heavy (non-hydrogen) atoms. The van der Waals surface area contributed by atoms with Crippen LogP contribution in [-0.4, -0.2) is 34.0 Å². The molecule has 0 spiro atoms. The Labute approximate surface area is 128 Å². The zero-order valence-corrected chi connectivity index (χ0v) is 12.7. The van der Waals surface area contributed by atoms with Crippen LogP contribution in [0.15, 0.2) is 28.7 Å². The normalized spacial score (nSPS) is 12.0. The summed E-state index contributed by atoms with van der Waals surface area (Å²) in [5.74, 6) is 1.05. The molecule has 0 aliphatic rings. The lowest BCUT2D eigenvalue weighted by Crippen LogP contribution is -2.39. The fourth-order valence-corrected chi connectivity index (χ4v) is 1.84. The molecule has 1 aromatic heterocycles. The first-order valence-corrected chi connectivity index (χ1v) is 7.27. The maximum absolute atomic E-state index is 11.8. The van der Waals surface area contributed by atoms with Gasteiger partial charge in [0, 0.05) is 17.7 Å². The first-order chi connectivity index (χ1) is 10.7. The van der Waals surface area contributed by atoms with Crippen molar-refractivity contribution in [1.29, 1.82) is 0 Å². The van der Waals surface area contributed by atoms with Crippen molar-refractivity contribution in [2.45, 2.75) is 32.7 Å². The molecule has 7 heteroatoms. The second-order valence-electron chi connectivity index (χ2n) is 4.82. The van der Waals surface area contributed by atoms with Gasteiger partial charge in [0.1, 0.15) is 0 Å². The monoisotopic (exact) mass is 304 g/mol. The van der Waals surface area contributed by atoms with Crippen molar-refractivity contribution < 1.29 is 14.3 Å². The number of hydrogen-bond donors (Lipinski definition) is 3. The molecule has 0 fully saturated rings. The van der Waals surface area contributed by atoms with Crippen LogP contribution in [0.3, 0.4) is 0 Å². The Hall–Kier alpha value is -2.41. The van der Waals surface area contributed by atoms with Crippen molar-refractivity contribution in [2.75, 3.05) is 11.9 Å². The van der Waals surface area contributed by atoms with Crippen LogP contribution < -0.4 is 10.6 Å². The average Bonchev–Trinajstić information content (AvgIpc) is 3.02. The fourth-order valence-electron chi connectivity index (χ4n) is 1.84. The van der Waals surface area contributed by atoms with Crippen LogP contribution in [0.4, 0.5) is 10.5 Å². The maximum Gasteiger partial charge on any atom is 0.319 e. The summed E-state index contributed by atoms with van der Waals surface area (Å²) >= 11 is 0. The summed E-state index contributed by atoms with van der Waals surface area (Å²) in [6, 6.07) is 6.51. The predicted octanol–water partition coefficient (Wildman–Crippen LogP) is 2.19. The molecule has 3 N–H and O–H groups in total. The van der Waals surface area contributed by atoms with E-state index in [9.17, 15) is 4.79 Å². The lowest BCUT2D eigenvalue weighted by molar-refractivity contribution is 0.222. The van der Waals surface area contributed by atoms with Gasteiger partial charge in [0.25, 0.3) is 0 Å². The number of aliphatic hydroxyl groups is 1. The van der Waals surface area contributed by atoms with Crippen LogP contribution in [0.5, 0.6) is 0 Å². The van der Waals surface area contributed by atoms with Gasteiger partial charge in [-0.3, -0.25) is 0 Å². The van der Waals surface area contributed by atoms with E-state index < -0.39 is 0 Å². The number of aliphatic hydroxyl groups excluding tert-OH is 1. The van der Waals surface area contributed by atoms with Crippen molar-refractivity contribution in [2.24, 2.45) is 0 Å². The van der Waals surface area contributed by atoms with E-state index in [0.717, 1.165) is 5.56 Å². The summed E-state index contributed by atoms with van der Waals surface area (Å²) in [5.41, 5.74) is 1.43. The standard InChI is InChI=1S/C15H20N4O3/c1-3-11(9-20)16-15(21)17-12-7-5-10(6-8-12)14-19-18-13(4-2)22-14/h5-8,11,20H,3-4,9H2,1-2H3,(H2,16,17,21). The molecule has 7 nitrogen and oxygen atoms in total. The first kappa shape index (κ1) is 16.0. The van der Waals surface area contributed by atoms with E-state index in [1.165, 1.54) is 0 Å². The smallest absolute Gasteiger partial charge is 0.319 e. The van der Waals surface area contributed by atoms with Gasteiger partial charge in [0.15, 0.2) is 0 Å². The van der Waals surface area contributed by atoms with Gasteiger partial charge in [0.2, 0.25) is 11.8 Å². The number of hydrogen-bond acceptors (Lipinski definition) is 5. The number of aryl methyl sites for hydroxylation is 1. The van der Waals surface area contributed by atoms with Crippen molar-refractivity contribution in [3.05, 3.63) is 30.2 Å². The molecule has 0 saturated carbocycles. The summed E-state index contributed by atoms with van der Waals surface area (Å²) < 4.78 is 5.47. The lowest BCUT2D eigenvalue weighted by atomic mass is 10.2. The second-order valence-corrected chi connectivity index (χ2v) is 4.82. The number of nitrogens with one attached hydrogen (secondary N) is 2. The van der Waals surface area contributed by atoms with Crippen molar-refractivity contribution in [1.82, 2.24) is 15.5 Å². The minimum Gasteiger partial charge on any atom is -0.421 e. The number of carbonyl (C=O) groups is 1. The van der Waals surface area contributed by atoms with Gasteiger partial charge in [-0.1, -0.05) is 13.8 Å². The van der Waals surface area contributed by atoms with Crippen LogP contribution in [0.2, 0.25) is 0 Å². The van der Waals surface area contributed by atoms with E-state index in [2.05, 4.69) is 20.8 Å². The Bertz CT molecular complexity index is 606. The van der Waals surface area contributed by atoms with Gasteiger partial charge in [-0.15, -0.1) is 10.2 Å². The molecule has 0 aliphatic heterocycles. The van der Waals surface area contributed by atoms with Crippen LogP contribution in [-0.2, 0) is 6.42 Å². The van der Waals surface area contributed by atoms with Crippen molar-refractivity contribution in [3.63, 3.8) is 0 Å². The number of carbonyl (C=O) groups excluding carboxylic acids is 1. The summed E-state index contributed by atoms with van der Waals surface area (Å²) in [4.78, 5) is 11.8. The Kier molecular flexibility index (Phi) is 5.48. The lowest BCUT2D eigenvalue weighted by Gasteiger charge is -2.14. The highest BCUT2D eigenvalue weighted by Crippen LogP contribution is 2.20. The quantitative estimate of drug-likeness (QED) is 0.759. The Balaban J connectivity index is 1.98. The third kappa shape index (κ3) is 4.05.